The van der Waals surface area contributed by atoms with E-state index in [4.69, 9.17) is 10.00 Å². The number of rotatable bonds is 1. The van der Waals surface area contributed by atoms with E-state index < -0.39 is 0 Å². The molecule has 1 fully saturated rings. The number of nitriles is 1. The zero-order chi connectivity index (χ0) is 6.04. The second-order valence-electron chi connectivity index (χ2n) is 2.05. The van der Waals surface area contributed by atoms with Crippen LogP contribution in [0.4, 0.5) is 0 Å². The highest BCUT2D eigenvalue weighted by atomic mass is 32.1. The highest BCUT2D eigenvalue weighted by molar-refractivity contribution is 7.82. The minimum atomic E-state index is -0.116. The largest absolute Gasteiger partial charge is 0.378 e. The van der Waals surface area contributed by atoms with Gasteiger partial charge in [-0.25, -0.2) is 0 Å². The van der Waals surface area contributed by atoms with Crippen LogP contribution in [0.5, 0.6) is 0 Å². The summed E-state index contributed by atoms with van der Waals surface area (Å²) >= 11 is 4.21. The Bertz CT molecular complexity index is 125. The van der Waals surface area contributed by atoms with Gasteiger partial charge in [0.05, 0.1) is 30.5 Å². The van der Waals surface area contributed by atoms with Crippen LogP contribution in [-0.4, -0.2) is 18.0 Å². The molecule has 0 N–H and O–H groups in total. The monoisotopic (exact) mass is 129 g/mol. The van der Waals surface area contributed by atoms with Crippen molar-refractivity contribution in [2.75, 3.05) is 13.2 Å². The maximum atomic E-state index is 8.21. The molecule has 2 nitrogen and oxygen atoms in total. The van der Waals surface area contributed by atoms with Crippen molar-refractivity contribution in [2.45, 2.75) is 11.2 Å². The van der Waals surface area contributed by atoms with Crippen LogP contribution in [-0.2, 0) is 4.74 Å². The first-order valence-corrected chi connectivity index (χ1v) is 2.89. The van der Waals surface area contributed by atoms with Crippen molar-refractivity contribution in [1.29, 1.82) is 5.26 Å². The molecule has 0 bridgehead atoms. The molecule has 3 heteroatoms. The summed E-state index contributed by atoms with van der Waals surface area (Å²) < 4.78 is 4.75. The van der Waals surface area contributed by atoms with Crippen molar-refractivity contribution in [3.63, 3.8) is 0 Å². The summed E-state index contributed by atoms with van der Waals surface area (Å²) in [5.41, 5.74) is 0. The summed E-state index contributed by atoms with van der Waals surface area (Å²) in [6.07, 6.45) is 0.496. The normalized spacial score (nSPS) is 23.5. The zero-order valence-electron chi connectivity index (χ0n) is 4.42. The maximum absolute atomic E-state index is 8.21. The molecule has 0 spiro atoms. The van der Waals surface area contributed by atoms with Gasteiger partial charge in [0.25, 0.3) is 0 Å². The van der Waals surface area contributed by atoms with E-state index in [-0.39, 0.29) is 4.75 Å². The number of nitrogens with zero attached hydrogens (tertiary/aromatic N) is 1. The molecule has 44 valence electrons. The van der Waals surface area contributed by atoms with E-state index in [0.717, 1.165) is 0 Å². The quantitative estimate of drug-likeness (QED) is 0.526. The van der Waals surface area contributed by atoms with Gasteiger partial charge in [0.1, 0.15) is 0 Å². The molecule has 1 saturated heterocycles. The molecule has 0 amide bonds. The lowest BCUT2D eigenvalue weighted by Crippen LogP contribution is -2.43. The summed E-state index contributed by atoms with van der Waals surface area (Å²) in [7, 11) is 0. The third-order valence-electron chi connectivity index (χ3n) is 1.15. The predicted octanol–water partition coefficient (Wildman–Crippen LogP) is 0.599. The summed E-state index contributed by atoms with van der Waals surface area (Å²) in [5.74, 6) is 0. The summed E-state index contributed by atoms with van der Waals surface area (Å²) in [6.45, 7) is 1.26. The molecule has 0 saturated carbocycles. The highest BCUT2D eigenvalue weighted by Gasteiger charge is 2.34. The van der Waals surface area contributed by atoms with E-state index in [0.29, 0.717) is 19.6 Å². The van der Waals surface area contributed by atoms with Gasteiger partial charge < -0.3 is 4.74 Å². The van der Waals surface area contributed by atoms with Crippen molar-refractivity contribution in [3.8, 4) is 6.07 Å². The second kappa shape index (κ2) is 1.96. The average Bonchev–Trinajstić information content (AvgIpc) is 1.64. The van der Waals surface area contributed by atoms with Gasteiger partial charge in [-0.3, -0.25) is 0 Å². The van der Waals surface area contributed by atoms with Crippen LogP contribution in [0, 0.1) is 11.3 Å². The van der Waals surface area contributed by atoms with E-state index in [1.807, 2.05) is 0 Å². The molecular weight excluding hydrogens is 122 g/mol. The van der Waals surface area contributed by atoms with Crippen molar-refractivity contribution in [1.82, 2.24) is 0 Å². The second-order valence-corrected chi connectivity index (χ2v) is 3.00. The van der Waals surface area contributed by atoms with Crippen LogP contribution >= 0.6 is 12.6 Å². The van der Waals surface area contributed by atoms with Crippen LogP contribution in [0.25, 0.3) is 0 Å². The molecule has 8 heavy (non-hydrogen) atoms. The van der Waals surface area contributed by atoms with Crippen molar-refractivity contribution < 1.29 is 4.74 Å². The molecule has 1 heterocycles. The van der Waals surface area contributed by atoms with Gasteiger partial charge in [-0.15, -0.1) is 0 Å². The lowest BCUT2D eigenvalue weighted by molar-refractivity contribution is -0.00530. The Morgan fingerprint density at radius 1 is 1.75 bits per heavy atom. The lowest BCUT2D eigenvalue weighted by atomic mass is 10.0. The highest BCUT2D eigenvalue weighted by Crippen LogP contribution is 2.27. The van der Waals surface area contributed by atoms with Crippen molar-refractivity contribution >= 4 is 12.6 Å². The van der Waals surface area contributed by atoms with Crippen molar-refractivity contribution in [3.05, 3.63) is 0 Å². The topological polar surface area (TPSA) is 33.0 Å². The first kappa shape index (κ1) is 5.93. The minimum Gasteiger partial charge on any atom is -0.378 e. The standard InChI is InChI=1S/C5H7NOS/c6-2-1-5(8)3-7-4-5/h8H,1,3-4H2. The Labute approximate surface area is 53.9 Å². The minimum absolute atomic E-state index is 0.116. The Balaban J connectivity index is 2.33. The molecule has 1 aliphatic rings. The molecule has 0 aromatic carbocycles. The van der Waals surface area contributed by atoms with Gasteiger partial charge in [0, 0.05) is 0 Å². The SMILES string of the molecule is N#CCC1(S)COC1. The average molecular weight is 129 g/mol. The molecule has 1 rings (SSSR count). The number of ether oxygens (including phenoxy) is 1. The first-order chi connectivity index (χ1) is 3.77. The third kappa shape index (κ3) is 0.960. The Hall–Kier alpha value is -0.200. The van der Waals surface area contributed by atoms with Crippen LogP contribution < -0.4 is 0 Å². The molecule has 0 aliphatic carbocycles. The lowest BCUT2D eigenvalue weighted by Gasteiger charge is -2.34. The molecule has 1 aliphatic heterocycles. The first-order valence-electron chi connectivity index (χ1n) is 2.44. The van der Waals surface area contributed by atoms with Gasteiger partial charge in [-0.2, -0.15) is 17.9 Å². The predicted molar refractivity (Wildman–Crippen MR) is 32.8 cm³/mol. The van der Waals surface area contributed by atoms with Crippen LogP contribution in [0.2, 0.25) is 0 Å². The fourth-order valence-corrected chi connectivity index (χ4v) is 0.840. The Kier molecular flexibility index (Phi) is 1.45. The van der Waals surface area contributed by atoms with E-state index in [2.05, 4.69) is 18.7 Å². The number of hydrogen-bond acceptors (Lipinski definition) is 3. The van der Waals surface area contributed by atoms with Crippen LogP contribution in [0.3, 0.4) is 0 Å². The van der Waals surface area contributed by atoms with Gasteiger partial charge in [-0.05, 0) is 0 Å². The summed E-state index contributed by atoms with van der Waals surface area (Å²) in [6, 6.07) is 2.05. The number of thiol groups is 1. The van der Waals surface area contributed by atoms with E-state index in [1.54, 1.807) is 0 Å². The van der Waals surface area contributed by atoms with E-state index >= 15 is 0 Å². The van der Waals surface area contributed by atoms with Gasteiger partial charge in [0.2, 0.25) is 0 Å². The smallest absolute Gasteiger partial charge is 0.0725 e. The fraction of sp³-hybridized carbons (Fsp3) is 0.800. The molecule has 0 aromatic rings. The number of hydrogen-bond donors (Lipinski definition) is 1. The van der Waals surface area contributed by atoms with E-state index in [9.17, 15) is 0 Å². The molecular formula is C5H7NOS. The maximum Gasteiger partial charge on any atom is 0.0725 e. The molecule has 0 unspecified atom stereocenters. The third-order valence-corrected chi connectivity index (χ3v) is 1.57. The molecule has 0 aromatic heterocycles. The van der Waals surface area contributed by atoms with Gasteiger partial charge >= 0.3 is 0 Å². The summed E-state index contributed by atoms with van der Waals surface area (Å²) in [4.78, 5) is 0. The fourth-order valence-electron chi connectivity index (χ4n) is 0.587. The van der Waals surface area contributed by atoms with Crippen LogP contribution in [0.15, 0.2) is 0 Å². The van der Waals surface area contributed by atoms with Gasteiger partial charge in [0.15, 0.2) is 0 Å². The van der Waals surface area contributed by atoms with Crippen LogP contribution in [0.1, 0.15) is 6.42 Å². The molecule has 0 radical (unpaired) electrons. The van der Waals surface area contributed by atoms with Crippen molar-refractivity contribution in [2.24, 2.45) is 0 Å². The van der Waals surface area contributed by atoms with E-state index in [1.165, 1.54) is 0 Å². The molecule has 0 atom stereocenters. The Morgan fingerprint density at radius 3 is 2.50 bits per heavy atom. The van der Waals surface area contributed by atoms with Gasteiger partial charge in [-0.1, -0.05) is 0 Å². The summed E-state index contributed by atoms with van der Waals surface area (Å²) in [5, 5.41) is 8.21. The zero-order valence-corrected chi connectivity index (χ0v) is 5.32. The Morgan fingerprint density at radius 2 is 2.38 bits per heavy atom.